The van der Waals surface area contributed by atoms with E-state index in [1.165, 1.54) is 42.5 Å². The van der Waals surface area contributed by atoms with Crippen molar-refractivity contribution in [3.63, 3.8) is 0 Å². The van der Waals surface area contributed by atoms with Crippen LogP contribution in [0.4, 0.5) is 15.8 Å². The Bertz CT molecular complexity index is 789. The number of nitrogens with zero attached hydrogens (tertiary/aromatic N) is 1. The fourth-order valence-corrected chi connectivity index (χ4v) is 2.89. The van der Waals surface area contributed by atoms with E-state index < -0.39 is 21.8 Å². The van der Waals surface area contributed by atoms with Gasteiger partial charge in [-0.3, -0.25) is 0 Å². The zero-order chi connectivity index (χ0) is 15.6. The Kier molecular flexibility index (Phi) is 3.95. The van der Waals surface area contributed by atoms with E-state index in [0.29, 0.717) is 0 Å². The van der Waals surface area contributed by atoms with Gasteiger partial charge in [-0.15, -0.1) is 0 Å². The number of halogens is 1. The van der Waals surface area contributed by atoms with Crippen molar-refractivity contribution in [2.45, 2.75) is 0 Å². The van der Waals surface area contributed by atoms with Gasteiger partial charge in [0.25, 0.3) is 0 Å². The molecule has 0 aliphatic heterocycles. The molecule has 1 N–H and O–H groups in total. The highest BCUT2D eigenvalue weighted by Crippen LogP contribution is 2.29. The molecule has 2 aromatic carbocycles. The van der Waals surface area contributed by atoms with Crippen molar-refractivity contribution in [2.75, 3.05) is 10.6 Å². The molecule has 0 unspecified atom stereocenters. The number of carbonyl (C=O) groups is 1. The second-order valence-electron chi connectivity index (χ2n) is 4.36. The maximum absolute atomic E-state index is 13.3. The minimum absolute atomic E-state index is 0.0578. The molecule has 0 aromatic heterocycles. The van der Waals surface area contributed by atoms with E-state index in [1.54, 1.807) is 0 Å². The van der Waals surface area contributed by atoms with Crippen LogP contribution in [0.2, 0.25) is 0 Å². The zero-order valence-electron chi connectivity index (χ0n) is 11.0. The molecule has 0 aliphatic carbocycles. The third-order valence-electron chi connectivity index (χ3n) is 2.70. The Hall–Kier alpha value is -2.41. The number of hydrogen-bond donors (Lipinski definition) is 1. The maximum atomic E-state index is 13.3. The van der Waals surface area contributed by atoms with Crippen LogP contribution in [0.15, 0.2) is 48.5 Å². The molecule has 21 heavy (non-hydrogen) atoms. The molecule has 2 aromatic rings. The van der Waals surface area contributed by atoms with Crippen LogP contribution in [0.5, 0.6) is 0 Å². The summed E-state index contributed by atoms with van der Waals surface area (Å²) in [4.78, 5) is 11.0. The molecule has 0 saturated heterocycles. The molecule has 7 heteroatoms. The number of hydrogen-bond acceptors (Lipinski definition) is 3. The largest absolute Gasteiger partial charge is 0.478 e. The number of rotatable bonds is 4. The fraction of sp³-hybridized carbons (Fsp3) is 0.0714. The van der Waals surface area contributed by atoms with Crippen molar-refractivity contribution in [3.8, 4) is 0 Å². The van der Waals surface area contributed by atoms with Crippen LogP contribution in [0.3, 0.4) is 0 Å². The lowest BCUT2D eigenvalue weighted by Gasteiger charge is -2.22. The van der Waals surface area contributed by atoms with Crippen LogP contribution in [-0.2, 0) is 10.0 Å². The maximum Gasteiger partial charge on any atom is 0.335 e. The quantitative estimate of drug-likeness (QED) is 0.942. The van der Waals surface area contributed by atoms with Gasteiger partial charge in [-0.1, -0.05) is 12.1 Å². The first-order valence-corrected chi connectivity index (χ1v) is 7.73. The average molecular weight is 309 g/mol. The van der Waals surface area contributed by atoms with Crippen LogP contribution >= 0.6 is 0 Å². The fourth-order valence-electron chi connectivity index (χ4n) is 1.90. The summed E-state index contributed by atoms with van der Waals surface area (Å²) in [5, 5.41) is 8.98. The second-order valence-corrected chi connectivity index (χ2v) is 6.19. The third kappa shape index (κ3) is 3.38. The van der Waals surface area contributed by atoms with E-state index in [0.717, 1.165) is 16.6 Å². The van der Waals surface area contributed by atoms with Crippen molar-refractivity contribution in [2.24, 2.45) is 0 Å². The molecule has 110 valence electrons. The van der Waals surface area contributed by atoms with Gasteiger partial charge in [-0.2, -0.15) is 0 Å². The van der Waals surface area contributed by atoms with E-state index >= 15 is 0 Å². The Labute approximate surface area is 121 Å². The lowest BCUT2D eigenvalue weighted by atomic mass is 10.2. The summed E-state index contributed by atoms with van der Waals surface area (Å²) in [5.41, 5.74) is 0.167. The number of carboxylic acid groups (broad SMARTS) is 1. The molecule has 0 radical (unpaired) electrons. The zero-order valence-corrected chi connectivity index (χ0v) is 11.8. The summed E-state index contributed by atoms with van der Waals surface area (Å²) < 4.78 is 38.2. The highest BCUT2D eigenvalue weighted by molar-refractivity contribution is 7.92. The van der Waals surface area contributed by atoms with Crippen molar-refractivity contribution in [1.82, 2.24) is 0 Å². The van der Waals surface area contributed by atoms with Gasteiger partial charge in [0, 0.05) is 0 Å². The van der Waals surface area contributed by atoms with E-state index in [2.05, 4.69) is 0 Å². The Morgan fingerprint density at radius 1 is 1.10 bits per heavy atom. The predicted octanol–water partition coefficient (Wildman–Crippen LogP) is 2.62. The monoisotopic (exact) mass is 309 g/mol. The topological polar surface area (TPSA) is 74.7 Å². The molecular weight excluding hydrogens is 297 g/mol. The van der Waals surface area contributed by atoms with Gasteiger partial charge in [0.05, 0.1) is 23.2 Å². The molecule has 0 heterocycles. The SMILES string of the molecule is CS(=O)(=O)N(c1cccc(F)c1)c1cccc(C(=O)O)c1. The van der Waals surface area contributed by atoms with E-state index in [-0.39, 0.29) is 16.9 Å². The van der Waals surface area contributed by atoms with Crippen LogP contribution in [0.1, 0.15) is 10.4 Å². The molecule has 0 fully saturated rings. The Morgan fingerprint density at radius 3 is 2.19 bits per heavy atom. The number of anilines is 2. The minimum atomic E-state index is -3.76. The van der Waals surface area contributed by atoms with E-state index in [4.69, 9.17) is 5.11 Å². The average Bonchev–Trinajstić information content (AvgIpc) is 2.37. The van der Waals surface area contributed by atoms with Crippen LogP contribution in [0.25, 0.3) is 0 Å². The van der Waals surface area contributed by atoms with Gasteiger partial charge in [-0.25, -0.2) is 21.9 Å². The van der Waals surface area contributed by atoms with Crippen molar-refractivity contribution in [3.05, 3.63) is 59.9 Å². The van der Waals surface area contributed by atoms with Crippen LogP contribution in [-0.4, -0.2) is 25.7 Å². The summed E-state index contributed by atoms with van der Waals surface area (Å²) in [6.07, 6.45) is 0.964. The first-order valence-electron chi connectivity index (χ1n) is 5.88. The summed E-state index contributed by atoms with van der Waals surface area (Å²) in [7, 11) is -3.76. The van der Waals surface area contributed by atoms with Gasteiger partial charge >= 0.3 is 5.97 Å². The molecule has 0 bridgehead atoms. The molecule has 2 rings (SSSR count). The smallest absolute Gasteiger partial charge is 0.335 e. The van der Waals surface area contributed by atoms with Crippen molar-refractivity contribution in [1.29, 1.82) is 0 Å². The van der Waals surface area contributed by atoms with Gasteiger partial charge in [0.1, 0.15) is 5.82 Å². The molecule has 0 saturated carbocycles. The highest BCUT2D eigenvalue weighted by Gasteiger charge is 2.21. The molecule has 5 nitrogen and oxygen atoms in total. The number of carboxylic acids is 1. The van der Waals surface area contributed by atoms with Gasteiger partial charge < -0.3 is 5.11 Å². The normalized spacial score (nSPS) is 11.1. The third-order valence-corrected chi connectivity index (χ3v) is 3.79. The molecule has 0 aliphatic rings. The lowest BCUT2D eigenvalue weighted by Crippen LogP contribution is -2.25. The summed E-state index contributed by atoms with van der Waals surface area (Å²) in [6, 6.07) is 10.5. The first kappa shape index (κ1) is 15.0. The predicted molar refractivity (Wildman–Crippen MR) is 76.8 cm³/mol. The molecular formula is C14H12FNO4S. The number of sulfonamides is 1. The summed E-state index contributed by atoms with van der Waals surface area (Å²) >= 11 is 0. The standard InChI is InChI=1S/C14H12FNO4S/c1-21(19,20)16(13-7-3-5-11(15)9-13)12-6-2-4-10(8-12)14(17)18/h2-9H,1H3,(H,17,18). The van der Waals surface area contributed by atoms with Crippen LogP contribution < -0.4 is 4.31 Å². The molecule has 0 atom stereocenters. The number of aromatic carboxylic acids is 1. The summed E-state index contributed by atoms with van der Waals surface area (Å²) in [6.45, 7) is 0. The molecule has 0 amide bonds. The Morgan fingerprint density at radius 2 is 1.67 bits per heavy atom. The highest BCUT2D eigenvalue weighted by atomic mass is 32.2. The van der Waals surface area contributed by atoms with E-state index in [9.17, 15) is 17.6 Å². The van der Waals surface area contributed by atoms with Gasteiger partial charge in [-0.05, 0) is 36.4 Å². The second kappa shape index (κ2) is 5.53. The van der Waals surface area contributed by atoms with Gasteiger partial charge in [0.2, 0.25) is 10.0 Å². The van der Waals surface area contributed by atoms with Crippen molar-refractivity contribution < 1.29 is 22.7 Å². The first-order chi connectivity index (χ1) is 9.79. The van der Waals surface area contributed by atoms with E-state index in [1.807, 2.05) is 0 Å². The van der Waals surface area contributed by atoms with Crippen LogP contribution in [0, 0.1) is 5.82 Å². The summed E-state index contributed by atoms with van der Waals surface area (Å²) in [5.74, 6) is -1.76. The Balaban J connectivity index is 2.62. The number of benzene rings is 2. The van der Waals surface area contributed by atoms with Crippen molar-refractivity contribution >= 4 is 27.4 Å². The molecule has 0 spiro atoms. The lowest BCUT2D eigenvalue weighted by molar-refractivity contribution is 0.0697. The minimum Gasteiger partial charge on any atom is -0.478 e. The van der Waals surface area contributed by atoms with Gasteiger partial charge in [0.15, 0.2) is 0 Å².